The topological polar surface area (TPSA) is 94.6 Å². The summed E-state index contributed by atoms with van der Waals surface area (Å²) in [5.74, 6) is 1.11. The van der Waals surface area contributed by atoms with E-state index in [-0.39, 0.29) is 12.4 Å². The Morgan fingerprint density at radius 1 is 1.08 bits per heavy atom. The van der Waals surface area contributed by atoms with Crippen LogP contribution in [0.15, 0.2) is 41.2 Å². The van der Waals surface area contributed by atoms with Crippen LogP contribution in [0.25, 0.3) is 22.2 Å². The first-order valence-electron chi connectivity index (χ1n) is 7.00. The van der Waals surface area contributed by atoms with Crippen LogP contribution in [0, 0.1) is 6.92 Å². The second kappa shape index (κ2) is 6.25. The number of aryl methyl sites for hydroxylation is 2. The molecule has 0 aliphatic rings. The van der Waals surface area contributed by atoms with Gasteiger partial charge in [0.2, 0.25) is 5.89 Å². The molecule has 0 bridgehead atoms. The van der Waals surface area contributed by atoms with Gasteiger partial charge in [0, 0.05) is 37.5 Å². The lowest BCUT2D eigenvalue weighted by molar-refractivity contribution is 0.535. The maximum Gasteiger partial charge on any atom is 0.321 e. The van der Waals surface area contributed by atoms with Crippen molar-refractivity contribution in [3.63, 3.8) is 0 Å². The van der Waals surface area contributed by atoms with Gasteiger partial charge in [0.25, 0.3) is 0 Å². The normalized spacial score (nSPS) is 10.6. The van der Waals surface area contributed by atoms with Gasteiger partial charge in [0.15, 0.2) is 0 Å². The molecule has 0 atom stereocenters. The Morgan fingerprint density at radius 2 is 1.96 bits per heavy atom. The molecular formula is C15H14ClN7O. The van der Waals surface area contributed by atoms with Crippen LogP contribution >= 0.6 is 12.4 Å². The Bertz CT molecular complexity index is 994. The highest BCUT2D eigenvalue weighted by Crippen LogP contribution is 2.23. The SMILES string of the molecule is Cc1nnc(Nc2ccc3ncc(-c4cnn(C)c4)cc3n2)o1.Cl. The maximum absolute atomic E-state index is 5.30. The summed E-state index contributed by atoms with van der Waals surface area (Å²) in [6.45, 7) is 1.73. The minimum absolute atomic E-state index is 0. The zero-order valence-electron chi connectivity index (χ0n) is 13.0. The van der Waals surface area contributed by atoms with E-state index < -0.39 is 0 Å². The molecule has 0 radical (unpaired) electrons. The average molecular weight is 344 g/mol. The van der Waals surface area contributed by atoms with Gasteiger partial charge in [-0.3, -0.25) is 15.0 Å². The number of aromatic nitrogens is 6. The first-order valence-corrected chi connectivity index (χ1v) is 7.00. The molecular weight excluding hydrogens is 330 g/mol. The van der Waals surface area contributed by atoms with Crippen LogP contribution in [-0.2, 0) is 7.05 Å². The van der Waals surface area contributed by atoms with E-state index in [1.165, 1.54) is 0 Å². The summed E-state index contributed by atoms with van der Waals surface area (Å²) in [4.78, 5) is 8.98. The summed E-state index contributed by atoms with van der Waals surface area (Å²) in [6, 6.07) is 5.99. The predicted molar refractivity (Wildman–Crippen MR) is 91.3 cm³/mol. The standard InChI is InChI=1S/C15H13N7O.ClH/c1-9-20-21-15(23-9)19-14-4-3-12-13(18-14)5-10(6-16-12)11-7-17-22(2)8-11;/h3-8H,1-2H3,(H,18,19,21);1H. The van der Waals surface area contributed by atoms with Gasteiger partial charge >= 0.3 is 6.01 Å². The fraction of sp³-hybridized carbons (Fsp3) is 0.133. The molecule has 9 heteroatoms. The third-order valence-electron chi connectivity index (χ3n) is 3.34. The second-order valence-electron chi connectivity index (χ2n) is 5.11. The summed E-state index contributed by atoms with van der Waals surface area (Å²) in [6.07, 6.45) is 5.55. The van der Waals surface area contributed by atoms with E-state index in [1.807, 2.05) is 37.6 Å². The first kappa shape index (κ1) is 15.9. The molecule has 4 rings (SSSR count). The third kappa shape index (κ3) is 3.04. The monoisotopic (exact) mass is 343 g/mol. The number of rotatable bonds is 3. The largest absolute Gasteiger partial charge is 0.408 e. The molecule has 4 aromatic rings. The zero-order valence-corrected chi connectivity index (χ0v) is 13.8. The molecule has 0 saturated carbocycles. The molecule has 0 spiro atoms. The predicted octanol–water partition coefficient (Wildman–Crippen LogP) is 2.89. The van der Waals surface area contributed by atoms with Crippen molar-refractivity contribution in [3.05, 3.63) is 42.7 Å². The molecule has 0 saturated heterocycles. The molecule has 0 aromatic carbocycles. The highest BCUT2D eigenvalue weighted by atomic mass is 35.5. The molecule has 1 N–H and O–H groups in total. The lowest BCUT2D eigenvalue weighted by Crippen LogP contribution is -1.95. The van der Waals surface area contributed by atoms with Crippen LogP contribution in [0.2, 0.25) is 0 Å². The summed E-state index contributed by atoms with van der Waals surface area (Å²) in [5, 5.41) is 14.8. The highest BCUT2D eigenvalue weighted by molar-refractivity contribution is 5.85. The maximum atomic E-state index is 5.30. The van der Waals surface area contributed by atoms with Gasteiger partial charge in [-0.25, -0.2) is 4.98 Å². The fourth-order valence-corrected chi connectivity index (χ4v) is 2.26. The van der Waals surface area contributed by atoms with Gasteiger partial charge in [-0.2, -0.15) is 5.10 Å². The van der Waals surface area contributed by atoms with Crippen LogP contribution in [0.4, 0.5) is 11.8 Å². The van der Waals surface area contributed by atoms with Crippen LogP contribution in [-0.4, -0.2) is 29.9 Å². The van der Waals surface area contributed by atoms with E-state index in [9.17, 15) is 0 Å². The smallest absolute Gasteiger partial charge is 0.321 e. The molecule has 0 aliphatic carbocycles. The Balaban J connectivity index is 0.00000169. The van der Waals surface area contributed by atoms with Crippen LogP contribution < -0.4 is 5.32 Å². The summed E-state index contributed by atoms with van der Waals surface area (Å²) < 4.78 is 7.05. The molecule has 122 valence electrons. The Labute approximate surface area is 143 Å². The minimum Gasteiger partial charge on any atom is -0.408 e. The Morgan fingerprint density at radius 3 is 2.67 bits per heavy atom. The number of anilines is 2. The number of pyridine rings is 2. The van der Waals surface area contributed by atoms with Crippen molar-refractivity contribution < 1.29 is 4.42 Å². The van der Waals surface area contributed by atoms with E-state index >= 15 is 0 Å². The first-order chi connectivity index (χ1) is 11.2. The molecule has 0 aliphatic heterocycles. The molecule has 4 heterocycles. The lowest BCUT2D eigenvalue weighted by Gasteiger charge is -2.04. The average Bonchev–Trinajstić information content (AvgIpc) is 3.15. The van der Waals surface area contributed by atoms with Gasteiger partial charge in [-0.1, -0.05) is 5.10 Å². The van der Waals surface area contributed by atoms with E-state index in [0.717, 1.165) is 22.2 Å². The van der Waals surface area contributed by atoms with Gasteiger partial charge in [0.1, 0.15) is 5.82 Å². The van der Waals surface area contributed by atoms with Crippen molar-refractivity contribution in [3.8, 4) is 11.1 Å². The van der Waals surface area contributed by atoms with Crippen molar-refractivity contribution in [1.29, 1.82) is 0 Å². The summed E-state index contributed by atoms with van der Waals surface area (Å²) in [7, 11) is 1.88. The molecule has 0 amide bonds. The van der Waals surface area contributed by atoms with Gasteiger partial charge in [-0.05, 0) is 18.2 Å². The van der Waals surface area contributed by atoms with Gasteiger partial charge < -0.3 is 4.42 Å². The molecule has 24 heavy (non-hydrogen) atoms. The number of hydrogen-bond acceptors (Lipinski definition) is 7. The van der Waals surface area contributed by atoms with Crippen LogP contribution in [0.5, 0.6) is 0 Å². The molecule has 0 unspecified atom stereocenters. The summed E-state index contributed by atoms with van der Waals surface area (Å²) >= 11 is 0. The fourth-order valence-electron chi connectivity index (χ4n) is 2.26. The van der Waals surface area contributed by atoms with Crippen molar-refractivity contribution in [2.24, 2.45) is 7.05 Å². The van der Waals surface area contributed by atoms with E-state index in [2.05, 4.69) is 30.6 Å². The lowest BCUT2D eigenvalue weighted by atomic mass is 10.1. The van der Waals surface area contributed by atoms with Gasteiger partial charge in [0.05, 0.1) is 17.2 Å². The molecule has 8 nitrogen and oxygen atoms in total. The van der Waals surface area contributed by atoms with E-state index in [1.54, 1.807) is 17.8 Å². The quantitative estimate of drug-likeness (QED) is 0.611. The Kier molecular flexibility index (Phi) is 4.13. The second-order valence-corrected chi connectivity index (χ2v) is 5.11. The van der Waals surface area contributed by atoms with Crippen LogP contribution in [0.3, 0.4) is 0 Å². The third-order valence-corrected chi connectivity index (χ3v) is 3.34. The van der Waals surface area contributed by atoms with E-state index in [4.69, 9.17) is 4.42 Å². The van der Waals surface area contributed by atoms with Crippen molar-refractivity contribution >= 4 is 35.3 Å². The van der Waals surface area contributed by atoms with Crippen LogP contribution in [0.1, 0.15) is 5.89 Å². The van der Waals surface area contributed by atoms with Crippen molar-refractivity contribution in [2.75, 3.05) is 5.32 Å². The Hall–Kier alpha value is -3.00. The highest BCUT2D eigenvalue weighted by Gasteiger charge is 2.07. The minimum atomic E-state index is 0. The molecule has 4 aromatic heterocycles. The van der Waals surface area contributed by atoms with Crippen molar-refractivity contribution in [2.45, 2.75) is 6.92 Å². The zero-order chi connectivity index (χ0) is 15.8. The number of nitrogens with zero attached hydrogens (tertiary/aromatic N) is 6. The number of nitrogens with one attached hydrogen (secondary N) is 1. The number of halogens is 1. The number of hydrogen-bond donors (Lipinski definition) is 1. The van der Waals surface area contributed by atoms with E-state index in [0.29, 0.717) is 17.7 Å². The summed E-state index contributed by atoms with van der Waals surface area (Å²) in [5.41, 5.74) is 3.54. The van der Waals surface area contributed by atoms with Gasteiger partial charge in [-0.15, -0.1) is 17.5 Å². The van der Waals surface area contributed by atoms with Crippen molar-refractivity contribution in [1.82, 2.24) is 29.9 Å². The number of fused-ring (bicyclic) bond motifs is 1. The molecule has 0 fully saturated rings.